The maximum absolute atomic E-state index is 13.6. The molecule has 154 valence electrons. The zero-order valence-corrected chi connectivity index (χ0v) is 18.0. The molecule has 4 rings (SSSR count). The SMILES string of the molecule is Cc1ccc(C)c(S(=O)(=O)[C@H](C#N)c2nc3ccccc3nc2N2CCCCC2)c1. The Morgan fingerprint density at radius 3 is 2.33 bits per heavy atom. The molecule has 2 heterocycles. The van der Waals surface area contributed by atoms with Crippen molar-refractivity contribution in [1.82, 2.24) is 9.97 Å². The molecule has 1 saturated heterocycles. The quantitative estimate of drug-likeness (QED) is 0.626. The van der Waals surface area contributed by atoms with Gasteiger partial charge in [0.2, 0.25) is 9.84 Å². The number of benzene rings is 2. The Balaban J connectivity index is 1.93. The van der Waals surface area contributed by atoms with Crippen LogP contribution in [0.3, 0.4) is 0 Å². The Morgan fingerprint density at radius 2 is 1.67 bits per heavy atom. The fraction of sp³-hybridized carbons (Fsp3) is 0.348. The van der Waals surface area contributed by atoms with E-state index >= 15 is 0 Å². The lowest BCUT2D eigenvalue weighted by Gasteiger charge is -2.30. The Kier molecular flexibility index (Phi) is 5.44. The second-order valence-corrected chi connectivity index (χ2v) is 9.79. The first kappa shape index (κ1) is 20.3. The molecular formula is C23H24N4O2S. The first-order valence-corrected chi connectivity index (χ1v) is 11.7. The largest absolute Gasteiger partial charge is 0.355 e. The lowest BCUT2D eigenvalue weighted by atomic mass is 10.1. The summed E-state index contributed by atoms with van der Waals surface area (Å²) in [6.45, 7) is 5.15. The van der Waals surface area contributed by atoms with Gasteiger partial charge in [0.15, 0.2) is 11.1 Å². The third-order valence-corrected chi connectivity index (χ3v) is 7.56. The highest BCUT2D eigenvalue weighted by molar-refractivity contribution is 7.92. The van der Waals surface area contributed by atoms with Gasteiger partial charge in [-0.05, 0) is 62.4 Å². The van der Waals surface area contributed by atoms with E-state index in [1.54, 1.807) is 25.1 Å². The van der Waals surface area contributed by atoms with E-state index in [0.717, 1.165) is 37.9 Å². The van der Waals surface area contributed by atoms with Crippen LogP contribution in [0.1, 0.15) is 41.3 Å². The molecule has 30 heavy (non-hydrogen) atoms. The smallest absolute Gasteiger partial charge is 0.200 e. The molecule has 1 atom stereocenters. The topological polar surface area (TPSA) is 86.9 Å². The summed E-state index contributed by atoms with van der Waals surface area (Å²) in [4.78, 5) is 11.7. The molecule has 1 aliphatic rings. The van der Waals surface area contributed by atoms with Gasteiger partial charge in [-0.2, -0.15) is 5.26 Å². The van der Waals surface area contributed by atoms with Crippen molar-refractivity contribution in [1.29, 1.82) is 5.26 Å². The number of anilines is 1. The fourth-order valence-electron chi connectivity index (χ4n) is 3.94. The number of hydrogen-bond acceptors (Lipinski definition) is 6. The first-order chi connectivity index (χ1) is 14.4. The van der Waals surface area contributed by atoms with Crippen LogP contribution in [-0.2, 0) is 9.84 Å². The van der Waals surface area contributed by atoms with E-state index in [2.05, 4.69) is 9.88 Å². The van der Waals surface area contributed by atoms with Crippen LogP contribution >= 0.6 is 0 Å². The Hall–Kier alpha value is -2.98. The van der Waals surface area contributed by atoms with Crippen LogP contribution in [0.5, 0.6) is 0 Å². The lowest BCUT2D eigenvalue weighted by Crippen LogP contribution is -2.32. The van der Waals surface area contributed by atoms with E-state index in [0.29, 0.717) is 22.4 Å². The maximum Gasteiger partial charge on any atom is 0.200 e. The van der Waals surface area contributed by atoms with Gasteiger partial charge in [0.1, 0.15) is 5.69 Å². The van der Waals surface area contributed by atoms with Crippen molar-refractivity contribution < 1.29 is 8.42 Å². The van der Waals surface area contributed by atoms with Crippen LogP contribution in [0.15, 0.2) is 47.4 Å². The minimum Gasteiger partial charge on any atom is -0.355 e. The first-order valence-electron chi connectivity index (χ1n) is 10.1. The molecule has 0 saturated carbocycles. The van der Waals surface area contributed by atoms with Crippen molar-refractivity contribution in [2.75, 3.05) is 18.0 Å². The molecule has 7 heteroatoms. The summed E-state index contributed by atoms with van der Waals surface area (Å²) in [5, 5.41) is 8.59. The number of hydrogen-bond donors (Lipinski definition) is 0. The van der Waals surface area contributed by atoms with Gasteiger partial charge in [0.25, 0.3) is 0 Å². The molecule has 1 fully saturated rings. The standard InChI is InChI=1S/C23H24N4O2S/c1-16-10-11-17(2)20(14-16)30(28,29)21(15-24)22-23(27-12-6-3-7-13-27)26-19-9-5-4-8-18(19)25-22/h4-5,8-11,14,21H,3,6-7,12-13H2,1-2H3/t21-/m1/s1. The summed E-state index contributed by atoms with van der Waals surface area (Å²) < 4.78 is 27.2. The molecule has 1 aromatic heterocycles. The zero-order chi connectivity index (χ0) is 21.3. The molecule has 0 bridgehead atoms. The summed E-state index contributed by atoms with van der Waals surface area (Å²) in [5.41, 5.74) is 2.96. The van der Waals surface area contributed by atoms with Crippen LogP contribution in [-0.4, -0.2) is 31.5 Å². The number of fused-ring (bicyclic) bond motifs is 1. The number of nitriles is 1. The number of piperidine rings is 1. The second kappa shape index (κ2) is 8.04. The molecule has 0 aliphatic carbocycles. The molecule has 0 amide bonds. The third kappa shape index (κ3) is 3.63. The van der Waals surface area contributed by atoms with Gasteiger partial charge in [-0.3, -0.25) is 0 Å². The Labute approximate surface area is 177 Å². The summed E-state index contributed by atoms with van der Waals surface area (Å²) in [6.07, 6.45) is 3.15. The van der Waals surface area contributed by atoms with E-state index < -0.39 is 15.1 Å². The summed E-state index contributed by atoms with van der Waals surface area (Å²) in [7, 11) is -3.98. The van der Waals surface area contributed by atoms with E-state index in [1.807, 2.05) is 37.3 Å². The van der Waals surface area contributed by atoms with Crippen LogP contribution < -0.4 is 4.90 Å². The van der Waals surface area contributed by atoms with Gasteiger partial charge >= 0.3 is 0 Å². The van der Waals surface area contributed by atoms with Crippen molar-refractivity contribution >= 4 is 26.7 Å². The minimum atomic E-state index is -3.98. The highest BCUT2D eigenvalue weighted by atomic mass is 32.2. The molecule has 0 unspecified atom stereocenters. The van der Waals surface area contributed by atoms with E-state index in [9.17, 15) is 13.7 Å². The van der Waals surface area contributed by atoms with Crippen molar-refractivity contribution in [2.45, 2.75) is 43.3 Å². The Morgan fingerprint density at radius 1 is 1.00 bits per heavy atom. The molecule has 2 aromatic carbocycles. The predicted molar refractivity (Wildman–Crippen MR) is 117 cm³/mol. The van der Waals surface area contributed by atoms with Crippen LogP contribution in [0.2, 0.25) is 0 Å². The summed E-state index contributed by atoms with van der Waals surface area (Å²) in [5.74, 6) is 0.508. The van der Waals surface area contributed by atoms with Crippen LogP contribution in [0, 0.1) is 25.2 Å². The number of sulfone groups is 1. The molecule has 6 nitrogen and oxygen atoms in total. The average Bonchev–Trinajstić information content (AvgIpc) is 2.76. The summed E-state index contributed by atoms with van der Waals surface area (Å²) in [6, 6.07) is 14.7. The van der Waals surface area contributed by atoms with Crippen molar-refractivity contribution in [2.24, 2.45) is 0 Å². The normalized spacial score (nSPS) is 15.7. The molecular weight excluding hydrogens is 396 g/mol. The molecule has 1 aliphatic heterocycles. The summed E-state index contributed by atoms with van der Waals surface area (Å²) >= 11 is 0. The predicted octanol–water partition coefficient (Wildman–Crippen LogP) is 4.28. The van der Waals surface area contributed by atoms with Gasteiger partial charge in [0.05, 0.1) is 22.0 Å². The number of aryl methyl sites for hydroxylation is 2. The molecule has 0 N–H and O–H groups in total. The molecule has 3 aromatic rings. The highest BCUT2D eigenvalue weighted by Crippen LogP contribution is 2.36. The van der Waals surface area contributed by atoms with E-state index in [4.69, 9.17) is 4.98 Å². The Bertz CT molecular complexity index is 1240. The van der Waals surface area contributed by atoms with Crippen molar-refractivity contribution in [3.8, 4) is 6.07 Å². The van der Waals surface area contributed by atoms with Crippen molar-refractivity contribution in [3.05, 3.63) is 59.3 Å². The monoisotopic (exact) mass is 420 g/mol. The van der Waals surface area contributed by atoms with Gasteiger partial charge in [-0.25, -0.2) is 18.4 Å². The minimum absolute atomic E-state index is 0.175. The average molecular weight is 421 g/mol. The number of aromatic nitrogens is 2. The third-order valence-electron chi connectivity index (χ3n) is 5.56. The number of rotatable bonds is 4. The number of nitrogens with zero attached hydrogens (tertiary/aromatic N) is 4. The lowest BCUT2D eigenvalue weighted by molar-refractivity contribution is 0.569. The van der Waals surface area contributed by atoms with Gasteiger partial charge in [-0.15, -0.1) is 0 Å². The second-order valence-electron chi connectivity index (χ2n) is 7.79. The maximum atomic E-state index is 13.6. The van der Waals surface area contributed by atoms with Gasteiger partial charge in [0, 0.05) is 13.1 Å². The van der Waals surface area contributed by atoms with Crippen molar-refractivity contribution in [3.63, 3.8) is 0 Å². The van der Waals surface area contributed by atoms with Crippen LogP contribution in [0.25, 0.3) is 11.0 Å². The zero-order valence-electron chi connectivity index (χ0n) is 17.2. The molecule has 0 radical (unpaired) electrons. The van der Waals surface area contributed by atoms with Gasteiger partial charge in [-0.1, -0.05) is 24.3 Å². The van der Waals surface area contributed by atoms with Crippen LogP contribution in [0.4, 0.5) is 5.82 Å². The molecule has 0 spiro atoms. The van der Waals surface area contributed by atoms with E-state index in [-0.39, 0.29) is 10.6 Å². The van der Waals surface area contributed by atoms with Gasteiger partial charge < -0.3 is 4.90 Å². The van der Waals surface area contributed by atoms with E-state index in [1.165, 1.54) is 0 Å². The number of para-hydroxylation sites is 2. The highest BCUT2D eigenvalue weighted by Gasteiger charge is 2.36. The fourth-order valence-corrected chi connectivity index (χ4v) is 5.65.